The maximum atomic E-state index is 12.3. The number of nitrogens with zero attached hydrogens (tertiary/aromatic N) is 1. The van der Waals surface area contributed by atoms with Gasteiger partial charge in [-0.05, 0) is 46.6 Å². The molecular formula is C14H15BrClN3O. The van der Waals surface area contributed by atoms with Crippen LogP contribution in [-0.2, 0) is 6.54 Å². The predicted molar refractivity (Wildman–Crippen MR) is 86.2 cm³/mol. The van der Waals surface area contributed by atoms with Crippen LogP contribution in [0, 0.1) is 0 Å². The van der Waals surface area contributed by atoms with E-state index in [2.05, 4.69) is 21.2 Å². The van der Waals surface area contributed by atoms with Gasteiger partial charge in [-0.15, -0.1) is 0 Å². The number of nitrogens with two attached hydrogens (primary N) is 1. The summed E-state index contributed by atoms with van der Waals surface area (Å²) < 4.78 is 2.64. The SMILES string of the molecule is CCCn1cc(N)cc1C(=O)Nc1ccc(Br)c(Cl)c1. The molecule has 0 aliphatic heterocycles. The zero-order valence-electron chi connectivity index (χ0n) is 11.0. The van der Waals surface area contributed by atoms with Gasteiger partial charge >= 0.3 is 0 Å². The normalized spacial score (nSPS) is 10.6. The molecule has 0 unspecified atom stereocenters. The summed E-state index contributed by atoms with van der Waals surface area (Å²) in [5.41, 5.74) is 7.53. The second-order valence-electron chi connectivity index (χ2n) is 4.44. The highest BCUT2D eigenvalue weighted by molar-refractivity contribution is 9.10. The fraction of sp³-hybridized carbons (Fsp3) is 0.214. The van der Waals surface area contributed by atoms with Crippen molar-refractivity contribution in [2.75, 3.05) is 11.1 Å². The van der Waals surface area contributed by atoms with Gasteiger partial charge in [-0.1, -0.05) is 18.5 Å². The van der Waals surface area contributed by atoms with E-state index in [1.165, 1.54) is 0 Å². The summed E-state index contributed by atoms with van der Waals surface area (Å²) in [5, 5.41) is 3.37. The van der Waals surface area contributed by atoms with Crippen LogP contribution < -0.4 is 11.1 Å². The Morgan fingerprint density at radius 2 is 2.20 bits per heavy atom. The molecule has 1 aromatic heterocycles. The van der Waals surface area contributed by atoms with Crippen LogP contribution in [0.1, 0.15) is 23.8 Å². The van der Waals surface area contributed by atoms with Gasteiger partial charge in [-0.3, -0.25) is 4.79 Å². The Morgan fingerprint density at radius 3 is 2.85 bits per heavy atom. The van der Waals surface area contributed by atoms with Crippen molar-refractivity contribution in [1.82, 2.24) is 4.57 Å². The second-order valence-corrected chi connectivity index (χ2v) is 5.70. The lowest BCUT2D eigenvalue weighted by Crippen LogP contribution is -2.16. The van der Waals surface area contributed by atoms with Crippen molar-refractivity contribution in [3.8, 4) is 0 Å². The van der Waals surface area contributed by atoms with E-state index >= 15 is 0 Å². The number of halogens is 2. The maximum Gasteiger partial charge on any atom is 0.272 e. The molecule has 0 aliphatic rings. The average Bonchev–Trinajstić information content (AvgIpc) is 2.75. The van der Waals surface area contributed by atoms with Gasteiger partial charge in [0.2, 0.25) is 0 Å². The molecule has 106 valence electrons. The van der Waals surface area contributed by atoms with E-state index in [4.69, 9.17) is 17.3 Å². The summed E-state index contributed by atoms with van der Waals surface area (Å²) in [5.74, 6) is -0.200. The van der Waals surface area contributed by atoms with Crippen LogP contribution in [0.2, 0.25) is 5.02 Å². The number of amides is 1. The number of hydrogen-bond acceptors (Lipinski definition) is 2. The van der Waals surface area contributed by atoms with E-state index in [0.29, 0.717) is 22.1 Å². The molecule has 6 heteroatoms. The smallest absolute Gasteiger partial charge is 0.272 e. The Labute approximate surface area is 131 Å². The average molecular weight is 357 g/mol. The van der Waals surface area contributed by atoms with Gasteiger partial charge in [0.1, 0.15) is 5.69 Å². The Balaban J connectivity index is 2.21. The van der Waals surface area contributed by atoms with Crippen LogP contribution in [0.5, 0.6) is 0 Å². The third-order valence-corrected chi connectivity index (χ3v) is 4.02. The maximum absolute atomic E-state index is 12.3. The molecule has 20 heavy (non-hydrogen) atoms. The van der Waals surface area contributed by atoms with Crippen molar-refractivity contribution < 1.29 is 4.79 Å². The van der Waals surface area contributed by atoms with E-state index in [1.807, 2.05) is 11.5 Å². The highest BCUT2D eigenvalue weighted by atomic mass is 79.9. The van der Waals surface area contributed by atoms with Crippen LogP contribution in [0.25, 0.3) is 0 Å². The highest BCUT2D eigenvalue weighted by Gasteiger charge is 2.13. The minimum Gasteiger partial charge on any atom is -0.397 e. The first kappa shape index (κ1) is 14.9. The minimum atomic E-state index is -0.200. The molecule has 1 aromatic carbocycles. The molecule has 3 N–H and O–H groups in total. The van der Waals surface area contributed by atoms with Crippen LogP contribution >= 0.6 is 27.5 Å². The van der Waals surface area contributed by atoms with Crippen molar-refractivity contribution in [2.24, 2.45) is 0 Å². The number of benzene rings is 1. The molecular weight excluding hydrogens is 342 g/mol. The van der Waals surface area contributed by atoms with Gasteiger partial charge in [-0.2, -0.15) is 0 Å². The van der Waals surface area contributed by atoms with Crippen molar-refractivity contribution in [1.29, 1.82) is 0 Å². The van der Waals surface area contributed by atoms with Gasteiger partial charge in [-0.25, -0.2) is 0 Å². The summed E-state index contributed by atoms with van der Waals surface area (Å²) in [6.07, 6.45) is 2.70. The molecule has 2 rings (SSSR count). The number of aryl methyl sites for hydroxylation is 1. The molecule has 4 nitrogen and oxygen atoms in total. The van der Waals surface area contributed by atoms with E-state index < -0.39 is 0 Å². The van der Waals surface area contributed by atoms with Gasteiger partial charge < -0.3 is 15.6 Å². The second kappa shape index (κ2) is 6.33. The molecule has 1 heterocycles. The standard InChI is InChI=1S/C14H15BrClN3O/c1-2-5-19-8-9(17)6-13(19)14(20)18-10-3-4-11(15)12(16)7-10/h3-4,6-8H,2,5,17H2,1H3,(H,18,20). The summed E-state index contributed by atoms with van der Waals surface area (Å²) in [4.78, 5) is 12.3. The number of aromatic nitrogens is 1. The quantitative estimate of drug-likeness (QED) is 0.864. The van der Waals surface area contributed by atoms with Gasteiger partial charge in [0, 0.05) is 22.9 Å². The molecule has 0 saturated carbocycles. The van der Waals surface area contributed by atoms with Crippen LogP contribution in [0.15, 0.2) is 34.9 Å². The van der Waals surface area contributed by atoms with Crippen molar-refractivity contribution in [2.45, 2.75) is 19.9 Å². The molecule has 2 aromatic rings. The number of carbonyl (C=O) groups is 1. The van der Waals surface area contributed by atoms with E-state index in [0.717, 1.165) is 17.4 Å². The van der Waals surface area contributed by atoms with Crippen LogP contribution in [-0.4, -0.2) is 10.5 Å². The fourth-order valence-electron chi connectivity index (χ4n) is 1.92. The number of anilines is 2. The predicted octanol–water partition coefficient (Wildman–Crippen LogP) is 4.15. The van der Waals surface area contributed by atoms with Gasteiger partial charge in [0.25, 0.3) is 5.91 Å². The zero-order chi connectivity index (χ0) is 14.7. The Hall–Kier alpha value is -1.46. The van der Waals surface area contributed by atoms with Crippen molar-refractivity contribution >= 4 is 44.8 Å². The number of rotatable bonds is 4. The molecule has 0 bridgehead atoms. The Kier molecular flexibility index (Phi) is 4.73. The number of carbonyl (C=O) groups excluding carboxylic acids is 1. The first-order chi connectivity index (χ1) is 9.51. The largest absolute Gasteiger partial charge is 0.397 e. The van der Waals surface area contributed by atoms with Crippen LogP contribution in [0.4, 0.5) is 11.4 Å². The third kappa shape index (κ3) is 3.35. The van der Waals surface area contributed by atoms with E-state index in [-0.39, 0.29) is 5.91 Å². The molecule has 0 fully saturated rings. The van der Waals surface area contributed by atoms with E-state index in [9.17, 15) is 4.79 Å². The molecule has 0 aliphatic carbocycles. The lowest BCUT2D eigenvalue weighted by Gasteiger charge is -2.09. The summed E-state index contributed by atoms with van der Waals surface area (Å²) >= 11 is 9.32. The fourth-order valence-corrected chi connectivity index (χ4v) is 2.35. The zero-order valence-corrected chi connectivity index (χ0v) is 13.3. The topological polar surface area (TPSA) is 60.0 Å². The molecule has 1 amide bonds. The van der Waals surface area contributed by atoms with Crippen molar-refractivity contribution in [3.05, 3.63) is 45.7 Å². The van der Waals surface area contributed by atoms with Crippen LogP contribution in [0.3, 0.4) is 0 Å². The van der Waals surface area contributed by atoms with Gasteiger partial charge in [0.05, 0.1) is 10.7 Å². The number of nitrogens with one attached hydrogen (secondary N) is 1. The highest BCUT2D eigenvalue weighted by Crippen LogP contribution is 2.26. The monoisotopic (exact) mass is 355 g/mol. The Bertz CT molecular complexity index is 639. The molecule has 0 atom stereocenters. The molecule has 0 radical (unpaired) electrons. The molecule has 0 saturated heterocycles. The van der Waals surface area contributed by atoms with Crippen molar-refractivity contribution in [3.63, 3.8) is 0 Å². The first-order valence-corrected chi connectivity index (χ1v) is 7.40. The number of nitrogen functional groups attached to an aromatic ring is 1. The lowest BCUT2D eigenvalue weighted by molar-refractivity contribution is 0.101. The minimum absolute atomic E-state index is 0.200. The number of hydrogen-bond donors (Lipinski definition) is 2. The first-order valence-electron chi connectivity index (χ1n) is 6.23. The lowest BCUT2D eigenvalue weighted by atomic mass is 10.3. The molecule has 0 spiro atoms. The third-order valence-electron chi connectivity index (χ3n) is 2.79. The summed E-state index contributed by atoms with van der Waals surface area (Å²) in [6.45, 7) is 2.80. The summed E-state index contributed by atoms with van der Waals surface area (Å²) in [6, 6.07) is 6.94. The summed E-state index contributed by atoms with van der Waals surface area (Å²) in [7, 11) is 0. The van der Waals surface area contributed by atoms with E-state index in [1.54, 1.807) is 30.5 Å². The van der Waals surface area contributed by atoms with Gasteiger partial charge in [0.15, 0.2) is 0 Å². The Morgan fingerprint density at radius 1 is 1.45 bits per heavy atom.